The number of aromatic nitrogens is 3. The molecule has 8 heteroatoms. The number of hydrogen-bond donors (Lipinski definition) is 1. The van der Waals surface area contributed by atoms with Crippen molar-refractivity contribution >= 4 is 11.9 Å². The van der Waals surface area contributed by atoms with Gasteiger partial charge in [0.1, 0.15) is 5.82 Å². The monoisotopic (exact) mass is 359 g/mol. The van der Waals surface area contributed by atoms with Gasteiger partial charge in [0.2, 0.25) is 11.9 Å². The van der Waals surface area contributed by atoms with Crippen molar-refractivity contribution in [3.63, 3.8) is 0 Å². The Hall–Kier alpha value is -2.77. The van der Waals surface area contributed by atoms with Crippen molar-refractivity contribution in [2.45, 2.75) is 25.2 Å². The minimum absolute atomic E-state index is 0.0226. The van der Waals surface area contributed by atoms with E-state index in [1.165, 1.54) is 12.1 Å². The first-order valence-corrected chi connectivity index (χ1v) is 8.58. The van der Waals surface area contributed by atoms with Gasteiger partial charge in [0.05, 0.1) is 11.9 Å². The van der Waals surface area contributed by atoms with Crippen LogP contribution in [-0.4, -0.2) is 52.9 Å². The zero-order valence-electron chi connectivity index (χ0n) is 14.9. The summed E-state index contributed by atoms with van der Waals surface area (Å²) in [5, 5.41) is 0. The highest BCUT2D eigenvalue weighted by Gasteiger charge is 2.28. The summed E-state index contributed by atoms with van der Waals surface area (Å²) in [6.45, 7) is 1.18. The Morgan fingerprint density at radius 2 is 2.19 bits per heavy atom. The zero-order valence-corrected chi connectivity index (χ0v) is 14.9. The summed E-state index contributed by atoms with van der Waals surface area (Å²) in [7, 11) is 3.63. The Bertz CT molecular complexity index is 851. The lowest BCUT2D eigenvalue weighted by Gasteiger charge is -2.17. The van der Waals surface area contributed by atoms with E-state index in [0.717, 1.165) is 12.6 Å². The van der Waals surface area contributed by atoms with Crippen molar-refractivity contribution < 1.29 is 9.18 Å². The Labute approximate surface area is 150 Å². The van der Waals surface area contributed by atoms with Gasteiger partial charge in [-0.3, -0.25) is 19.6 Å². The first-order chi connectivity index (χ1) is 12.4. The van der Waals surface area contributed by atoms with E-state index in [4.69, 9.17) is 0 Å². The molecule has 1 aliphatic heterocycles. The molecule has 1 N–H and O–H groups in total. The first-order valence-electron chi connectivity index (χ1n) is 8.58. The van der Waals surface area contributed by atoms with Crippen molar-refractivity contribution in [1.82, 2.24) is 19.9 Å². The van der Waals surface area contributed by atoms with Gasteiger partial charge in [0.15, 0.2) is 0 Å². The lowest BCUT2D eigenvalue weighted by atomic mass is 10.0. The highest BCUT2D eigenvalue weighted by atomic mass is 19.1. The zero-order chi connectivity index (χ0) is 18.7. The van der Waals surface area contributed by atoms with Gasteiger partial charge in [0, 0.05) is 51.8 Å². The van der Waals surface area contributed by atoms with E-state index in [1.54, 1.807) is 16.0 Å². The molecule has 7 nitrogen and oxygen atoms in total. The number of rotatable bonds is 5. The number of H-pyrrole nitrogens is 1. The highest BCUT2D eigenvalue weighted by Crippen LogP contribution is 2.26. The van der Waals surface area contributed by atoms with Gasteiger partial charge >= 0.3 is 0 Å². The molecular weight excluding hydrogens is 337 g/mol. The van der Waals surface area contributed by atoms with Crippen molar-refractivity contribution in [2.24, 2.45) is 0 Å². The molecule has 138 valence electrons. The predicted molar refractivity (Wildman–Crippen MR) is 95.6 cm³/mol. The van der Waals surface area contributed by atoms with E-state index in [2.05, 4.69) is 15.0 Å². The second-order valence-electron chi connectivity index (χ2n) is 6.73. The van der Waals surface area contributed by atoms with E-state index >= 15 is 0 Å². The summed E-state index contributed by atoms with van der Waals surface area (Å²) in [4.78, 5) is 38.8. The van der Waals surface area contributed by atoms with Crippen molar-refractivity contribution in [3.8, 4) is 0 Å². The third-order valence-corrected chi connectivity index (χ3v) is 4.52. The summed E-state index contributed by atoms with van der Waals surface area (Å²) in [6.07, 6.45) is 4.26. The van der Waals surface area contributed by atoms with Crippen LogP contribution in [0.5, 0.6) is 0 Å². The number of likely N-dealkylation sites (tertiary alicyclic amines) is 1. The first kappa shape index (κ1) is 18.0. The average molecular weight is 359 g/mol. The second-order valence-corrected chi connectivity index (χ2v) is 6.73. The van der Waals surface area contributed by atoms with E-state index in [9.17, 15) is 14.0 Å². The number of carbonyl (C=O) groups is 1. The molecule has 1 aliphatic rings. The maximum atomic E-state index is 13.2. The van der Waals surface area contributed by atoms with Gasteiger partial charge in [-0.15, -0.1) is 0 Å². The van der Waals surface area contributed by atoms with Gasteiger partial charge in [-0.1, -0.05) is 0 Å². The average Bonchev–Trinajstić information content (AvgIpc) is 3.09. The third-order valence-electron chi connectivity index (χ3n) is 4.52. The molecule has 0 spiro atoms. The Morgan fingerprint density at radius 3 is 2.92 bits per heavy atom. The minimum Gasteiger partial charge on any atom is -0.348 e. The number of amides is 1. The van der Waals surface area contributed by atoms with Crippen molar-refractivity contribution in [2.75, 3.05) is 32.1 Å². The smallest absolute Gasteiger partial charge is 0.252 e. The van der Waals surface area contributed by atoms with Crippen LogP contribution >= 0.6 is 0 Å². The van der Waals surface area contributed by atoms with E-state index in [-0.39, 0.29) is 17.4 Å². The SMILES string of the molecule is CN(C)c1nc(C2CCN(C(=O)CCc3cncc(F)c3)C2)cc(=O)[nH]1. The molecule has 0 bridgehead atoms. The van der Waals surface area contributed by atoms with Crippen LogP contribution in [0.15, 0.2) is 29.3 Å². The van der Waals surface area contributed by atoms with Gasteiger partial charge in [0.25, 0.3) is 5.56 Å². The van der Waals surface area contributed by atoms with Crippen LogP contribution in [0.25, 0.3) is 0 Å². The van der Waals surface area contributed by atoms with E-state index < -0.39 is 5.82 Å². The molecule has 1 amide bonds. The van der Waals surface area contributed by atoms with Crippen LogP contribution in [0.4, 0.5) is 10.3 Å². The molecule has 1 fully saturated rings. The molecule has 2 aromatic heterocycles. The molecule has 0 aromatic carbocycles. The van der Waals surface area contributed by atoms with Crippen molar-refractivity contribution in [1.29, 1.82) is 0 Å². The highest BCUT2D eigenvalue weighted by molar-refractivity contribution is 5.76. The molecule has 0 aliphatic carbocycles. The third kappa shape index (κ3) is 4.25. The number of pyridine rings is 1. The minimum atomic E-state index is -0.395. The molecular formula is C18H22FN5O2. The predicted octanol–water partition coefficient (Wildman–Crippen LogP) is 1.32. The fourth-order valence-corrected chi connectivity index (χ4v) is 3.11. The van der Waals surface area contributed by atoms with E-state index in [0.29, 0.717) is 43.1 Å². The molecule has 0 saturated carbocycles. The summed E-state index contributed by atoms with van der Waals surface area (Å²) < 4.78 is 13.2. The molecule has 0 radical (unpaired) electrons. The molecule has 1 unspecified atom stereocenters. The number of hydrogen-bond acceptors (Lipinski definition) is 5. The number of aromatic amines is 1. The van der Waals surface area contributed by atoms with Gasteiger partial charge in [-0.25, -0.2) is 9.37 Å². The van der Waals surface area contributed by atoms with Gasteiger partial charge < -0.3 is 9.80 Å². The van der Waals surface area contributed by atoms with Gasteiger partial charge in [-0.2, -0.15) is 0 Å². The number of anilines is 1. The maximum Gasteiger partial charge on any atom is 0.252 e. The van der Waals surface area contributed by atoms with Crippen LogP contribution in [0.1, 0.15) is 30.0 Å². The van der Waals surface area contributed by atoms with Crippen LogP contribution in [0, 0.1) is 5.82 Å². The fourth-order valence-electron chi connectivity index (χ4n) is 3.11. The Kier molecular flexibility index (Phi) is 5.29. The van der Waals surface area contributed by atoms with E-state index in [1.807, 2.05) is 14.1 Å². The Balaban J connectivity index is 1.61. The van der Waals surface area contributed by atoms with Crippen LogP contribution < -0.4 is 10.5 Å². The summed E-state index contributed by atoms with van der Waals surface area (Å²) in [5.41, 5.74) is 1.23. The molecule has 2 aromatic rings. The van der Waals surface area contributed by atoms with Gasteiger partial charge in [-0.05, 0) is 24.5 Å². The molecule has 26 heavy (non-hydrogen) atoms. The van der Waals surface area contributed by atoms with Crippen LogP contribution in [-0.2, 0) is 11.2 Å². The number of nitrogens with one attached hydrogen (secondary N) is 1. The normalized spacial score (nSPS) is 16.7. The number of halogens is 1. The lowest BCUT2D eigenvalue weighted by molar-refractivity contribution is -0.130. The maximum absolute atomic E-state index is 13.2. The van der Waals surface area contributed by atoms with Crippen molar-refractivity contribution in [3.05, 3.63) is 52.0 Å². The quantitative estimate of drug-likeness (QED) is 0.871. The summed E-state index contributed by atoms with van der Waals surface area (Å²) in [5.74, 6) is 0.189. The molecule has 3 heterocycles. The standard InChI is InChI=1S/C18H22FN5O2/c1-23(2)18-21-15(8-16(25)22-18)13-5-6-24(11-13)17(26)4-3-12-7-14(19)10-20-9-12/h7-10,13H,3-6,11H2,1-2H3,(H,21,22,25). The lowest BCUT2D eigenvalue weighted by Crippen LogP contribution is -2.29. The topological polar surface area (TPSA) is 82.2 Å². The number of carbonyl (C=O) groups excluding carboxylic acids is 1. The number of nitrogens with zero attached hydrogens (tertiary/aromatic N) is 4. The molecule has 3 rings (SSSR count). The summed E-state index contributed by atoms with van der Waals surface area (Å²) in [6, 6.07) is 2.90. The fraction of sp³-hybridized carbons (Fsp3) is 0.444. The van der Waals surface area contributed by atoms with Crippen LogP contribution in [0.3, 0.4) is 0 Å². The molecule has 1 atom stereocenters. The number of aryl methyl sites for hydroxylation is 1. The summed E-state index contributed by atoms with van der Waals surface area (Å²) >= 11 is 0. The van der Waals surface area contributed by atoms with Crippen LogP contribution in [0.2, 0.25) is 0 Å². The largest absolute Gasteiger partial charge is 0.348 e. The second kappa shape index (κ2) is 7.63. The Morgan fingerprint density at radius 1 is 1.38 bits per heavy atom. The molecule has 1 saturated heterocycles.